The summed E-state index contributed by atoms with van der Waals surface area (Å²) in [6, 6.07) is 0. The van der Waals surface area contributed by atoms with Crippen LogP contribution in [0.25, 0.3) is 0 Å². The predicted molar refractivity (Wildman–Crippen MR) is 32.1 cm³/mol. The second-order valence-corrected chi connectivity index (χ2v) is 1.06. The van der Waals surface area contributed by atoms with E-state index in [1.54, 1.807) is 0 Å². The molecule has 0 aliphatic rings. The van der Waals surface area contributed by atoms with Crippen molar-refractivity contribution in [2.75, 3.05) is 0 Å². The van der Waals surface area contributed by atoms with Crippen molar-refractivity contribution in [3.8, 4) is 0 Å². The molecule has 0 bridgehead atoms. The SMILES string of the molecule is O=C([O-])O.O=C([O-])O.O=C([O-])O.O=C([O-])O.[Hf+4]. The first-order chi connectivity index (χ1) is 6.93. The quantitative estimate of drug-likeness (QED) is 0.270. The van der Waals surface area contributed by atoms with Gasteiger partial charge in [0.15, 0.2) is 0 Å². The third-order valence-electron chi connectivity index (χ3n) is 0. The number of carbonyl (C=O) groups is 4. The minimum absolute atomic E-state index is 0. The molecule has 0 unspecified atom stereocenters. The number of rotatable bonds is 0. The van der Waals surface area contributed by atoms with Gasteiger partial charge in [-0.05, 0) is 0 Å². The van der Waals surface area contributed by atoms with Crippen molar-refractivity contribution < 1.29 is 85.9 Å². The van der Waals surface area contributed by atoms with Crippen molar-refractivity contribution in [2.45, 2.75) is 0 Å². The van der Waals surface area contributed by atoms with Crippen molar-refractivity contribution >= 4 is 24.6 Å². The molecule has 0 saturated heterocycles. The topological polar surface area (TPSA) is 241 Å². The van der Waals surface area contributed by atoms with Crippen LogP contribution in [0.4, 0.5) is 19.2 Å². The molecule has 0 atom stereocenters. The van der Waals surface area contributed by atoms with Crippen LogP contribution in [0.15, 0.2) is 0 Å². The molecule has 0 radical (unpaired) electrons. The van der Waals surface area contributed by atoms with Crippen LogP contribution in [0.5, 0.6) is 0 Å². The van der Waals surface area contributed by atoms with Crippen LogP contribution in [-0.2, 0) is 25.8 Å². The maximum Gasteiger partial charge on any atom is 4.00 e. The summed E-state index contributed by atoms with van der Waals surface area (Å²) in [6.45, 7) is 0. The monoisotopic (exact) mass is 424 g/mol. The van der Waals surface area contributed by atoms with Crippen LogP contribution in [0.2, 0.25) is 0 Å². The molecule has 0 aliphatic heterocycles. The van der Waals surface area contributed by atoms with E-state index in [1.807, 2.05) is 0 Å². The summed E-state index contributed by atoms with van der Waals surface area (Å²) in [7, 11) is 0. The van der Waals surface area contributed by atoms with Crippen molar-refractivity contribution in [2.24, 2.45) is 0 Å². The molecule has 0 fully saturated rings. The third kappa shape index (κ3) is 474. The average molecular weight is 423 g/mol. The zero-order chi connectivity index (χ0) is 14.3. The zero-order valence-corrected chi connectivity index (χ0v) is 11.1. The van der Waals surface area contributed by atoms with Gasteiger partial charge in [-0.3, -0.25) is 0 Å². The van der Waals surface area contributed by atoms with E-state index < -0.39 is 24.6 Å². The molecule has 0 saturated carbocycles. The second kappa shape index (κ2) is 23.6. The number of hydrogen-bond donors (Lipinski definition) is 4. The molecule has 0 aromatic heterocycles. The molecule has 0 amide bonds. The van der Waals surface area contributed by atoms with Crippen LogP contribution in [0.3, 0.4) is 0 Å². The van der Waals surface area contributed by atoms with E-state index in [4.69, 9.17) is 60.0 Å². The van der Waals surface area contributed by atoms with E-state index in [1.165, 1.54) is 0 Å². The van der Waals surface area contributed by atoms with Crippen LogP contribution < -0.4 is 20.4 Å². The Morgan fingerprint density at radius 1 is 0.529 bits per heavy atom. The van der Waals surface area contributed by atoms with E-state index >= 15 is 0 Å². The summed E-state index contributed by atoms with van der Waals surface area (Å²) in [5, 5.41) is 61.2. The summed E-state index contributed by atoms with van der Waals surface area (Å²) >= 11 is 0. The molecule has 0 rings (SSSR count). The summed E-state index contributed by atoms with van der Waals surface area (Å²) in [5.74, 6) is 0. The van der Waals surface area contributed by atoms with Crippen LogP contribution in [0.1, 0.15) is 0 Å². The Morgan fingerprint density at radius 2 is 0.529 bits per heavy atom. The van der Waals surface area contributed by atoms with Crippen molar-refractivity contribution in [3.63, 3.8) is 0 Å². The van der Waals surface area contributed by atoms with Gasteiger partial charge in [0.25, 0.3) is 0 Å². The van der Waals surface area contributed by atoms with Gasteiger partial charge in [-0.15, -0.1) is 0 Å². The van der Waals surface area contributed by atoms with E-state index in [0.29, 0.717) is 0 Å². The molecule has 12 nitrogen and oxygen atoms in total. The summed E-state index contributed by atoms with van der Waals surface area (Å²) in [4.78, 5) is 33.8. The molecule has 0 aromatic carbocycles. The molecule has 0 heterocycles. The number of carboxylic acid groups (broad SMARTS) is 8. The Bertz CT molecular complexity index is 159. The maximum absolute atomic E-state index is 8.44. The molecule has 13 heteroatoms. The van der Waals surface area contributed by atoms with Crippen molar-refractivity contribution in [1.82, 2.24) is 0 Å². The average Bonchev–Trinajstić information content (AvgIpc) is 1.76. The first-order valence-electron chi connectivity index (χ1n) is 2.53. The van der Waals surface area contributed by atoms with Gasteiger partial charge in [0, 0.05) is 0 Å². The minimum atomic E-state index is -2.08. The normalized spacial score (nSPS) is 5.65. The van der Waals surface area contributed by atoms with Crippen molar-refractivity contribution in [1.29, 1.82) is 0 Å². The Balaban J connectivity index is -0.0000000369. The van der Waals surface area contributed by atoms with E-state index in [2.05, 4.69) is 0 Å². The maximum atomic E-state index is 8.44. The van der Waals surface area contributed by atoms with Gasteiger partial charge >= 0.3 is 25.8 Å². The Labute approximate surface area is 111 Å². The minimum Gasteiger partial charge on any atom is -0.565 e. The molecule has 0 spiro atoms. The van der Waals surface area contributed by atoms with Gasteiger partial charge in [0.05, 0.1) is 0 Å². The Kier molecular flexibility index (Phi) is 40.8. The van der Waals surface area contributed by atoms with Gasteiger partial charge in [0.1, 0.15) is 0 Å². The predicted octanol–water partition coefficient (Wildman–Crippen LogP) is -4.45. The van der Waals surface area contributed by atoms with Gasteiger partial charge in [-0.1, -0.05) is 0 Å². The first-order valence-corrected chi connectivity index (χ1v) is 2.53. The molecule has 96 valence electrons. The largest absolute Gasteiger partial charge is 4.00 e. The van der Waals surface area contributed by atoms with Gasteiger partial charge in [-0.2, -0.15) is 0 Å². The van der Waals surface area contributed by atoms with E-state index in [-0.39, 0.29) is 25.8 Å². The summed E-state index contributed by atoms with van der Waals surface area (Å²) in [5.41, 5.74) is 0. The summed E-state index contributed by atoms with van der Waals surface area (Å²) < 4.78 is 0. The number of hydrogen-bond acceptors (Lipinski definition) is 8. The van der Waals surface area contributed by atoms with Crippen LogP contribution in [0, 0.1) is 0 Å². The fraction of sp³-hybridized carbons (Fsp3) is 0. The molecular weight excluding hydrogens is 419 g/mol. The first kappa shape index (κ1) is 29.4. The van der Waals surface area contributed by atoms with E-state index in [9.17, 15) is 0 Å². The van der Waals surface area contributed by atoms with Crippen LogP contribution in [-0.4, -0.2) is 45.0 Å². The second-order valence-electron chi connectivity index (χ2n) is 1.06. The van der Waals surface area contributed by atoms with Crippen LogP contribution >= 0.6 is 0 Å². The Morgan fingerprint density at radius 3 is 0.529 bits per heavy atom. The molecule has 17 heavy (non-hydrogen) atoms. The van der Waals surface area contributed by atoms with Gasteiger partial charge in [-0.25, -0.2) is 0 Å². The molecule has 0 aromatic rings. The van der Waals surface area contributed by atoms with Crippen molar-refractivity contribution in [3.05, 3.63) is 0 Å². The molecule has 4 N–H and O–H groups in total. The zero-order valence-electron chi connectivity index (χ0n) is 7.55. The molecule has 0 aliphatic carbocycles. The summed E-state index contributed by atoms with van der Waals surface area (Å²) in [6.07, 6.45) is -8.33. The third-order valence-corrected chi connectivity index (χ3v) is 0. The van der Waals surface area contributed by atoms with E-state index in [0.717, 1.165) is 0 Å². The van der Waals surface area contributed by atoms with Gasteiger partial charge in [0.2, 0.25) is 24.6 Å². The molecular formula is C4H4HfO12. The standard InChI is InChI=1S/4CH2O3.Hf/c4*2-1(3)4;/h4*(H2,2,3,4);/q;;;;+4/p-4. The fourth-order valence-electron chi connectivity index (χ4n) is 0. The Hall–Kier alpha value is -2.05. The fourth-order valence-corrected chi connectivity index (χ4v) is 0. The smallest absolute Gasteiger partial charge is 0.565 e. The van der Waals surface area contributed by atoms with Gasteiger partial charge < -0.3 is 60.0 Å².